The highest BCUT2D eigenvalue weighted by atomic mass is 19.1. The molecule has 1 nitrogen and oxygen atoms in total. The van der Waals surface area contributed by atoms with Crippen LogP contribution in [0.15, 0.2) is 42.5 Å². The molecule has 0 atom stereocenters. The standard InChI is InChI=1S/C16H18FN/c1-3-14-8-4-6-12(2)16(14)18-11-13-7-5-9-15(17)10-13/h4-10,18H,3,11H2,1-2H3. The molecule has 0 spiro atoms. The summed E-state index contributed by atoms with van der Waals surface area (Å²) in [6.45, 7) is 4.88. The normalized spacial score (nSPS) is 10.4. The van der Waals surface area contributed by atoms with E-state index in [0.29, 0.717) is 6.54 Å². The monoisotopic (exact) mass is 243 g/mol. The molecule has 2 aromatic carbocycles. The summed E-state index contributed by atoms with van der Waals surface area (Å²) in [6.07, 6.45) is 0.993. The summed E-state index contributed by atoms with van der Waals surface area (Å²) in [4.78, 5) is 0. The minimum Gasteiger partial charge on any atom is -0.381 e. The molecule has 0 aliphatic rings. The van der Waals surface area contributed by atoms with Crippen molar-refractivity contribution in [2.45, 2.75) is 26.8 Å². The van der Waals surface area contributed by atoms with E-state index in [1.165, 1.54) is 22.9 Å². The van der Waals surface area contributed by atoms with Crippen LogP contribution in [0.25, 0.3) is 0 Å². The van der Waals surface area contributed by atoms with Gasteiger partial charge in [0.25, 0.3) is 0 Å². The third kappa shape index (κ3) is 2.89. The Bertz CT molecular complexity index is 534. The lowest BCUT2D eigenvalue weighted by molar-refractivity contribution is 0.626. The number of hydrogen-bond acceptors (Lipinski definition) is 1. The molecule has 18 heavy (non-hydrogen) atoms. The maximum Gasteiger partial charge on any atom is 0.123 e. The maximum absolute atomic E-state index is 13.1. The molecule has 2 aromatic rings. The van der Waals surface area contributed by atoms with E-state index in [0.717, 1.165) is 12.0 Å². The molecular weight excluding hydrogens is 225 g/mol. The summed E-state index contributed by atoms with van der Waals surface area (Å²) in [5.74, 6) is -0.185. The van der Waals surface area contributed by atoms with Gasteiger partial charge in [0, 0.05) is 12.2 Å². The Morgan fingerprint density at radius 1 is 1.11 bits per heavy atom. The van der Waals surface area contributed by atoms with Crippen molar-refractivity contribution >= 4 is 5.69 Å². The van der Waals surface area contributed by atoms with Gasteiger partial charge in [-0.25, -0.2) is 4.39 Å². The van der Waals surface area contributed by atoms with Crippen molar-refractivity contribution in [3.8, 4) is 0 Å². The van der Waals surface area contributed by atoms with E-state index >= 15 is 0 Å². The lowest BCUT2D eigenvalue weighted by atomic mass is 10.1. The van der Waals surface area contributed by atoms with Crippen LogP contribution in [-0.2, 0) is 13.0 Å². The number of halogens is 1. The van der Waals surface area contributed by atoms with Gasteiger partial charge < -0.3 is 5.32 Å². The lowest BCUT2D eigenvalue weighted by Gasteiger charge is -2.14. The summed E-state index contributed by atoms with van der Waals surface area (Å²) in [6, 6.07) is 13.0. The Morgan fingerprint density at radius 3 is 2.61 bits per heavy atom. The van der Waals surface area contributed by atoms with Gasteiger partial charge in [0.05, 0.1) is 0 Å². The number of hydrogen-bond donors (Lipinski definition) is 1. The van der Waals surface area contributed by atoms with Gasteiger partial charge in [0.1, 0.15) is 5.82 Å². The topological polar surface area (TPSA) is 12.0 Å². The molecule has 0 aliphatic carbocycles. The van der Waals surface area contributed by atoms with Gasteiger partial charge in [-0.3, -0.25) is 0 Å². The van der Waals surface area contributed by atoms with E-state index in [2.05, 4.69) is 37.4 Å². The van der Waals surface area contributed by atoms with Crippen molar-refractivity contribution in [3.05, 3.63) is 65.0 Å². The first-order chi connectivity index (χ1) is 8.70. The van der Waals surface area contributed by atoms with Crippen molar-refractivity contribution in [1.82, 2.24) is 0 Å². The van der Waals surface area contributed by atoms with Crippen LogP contribution in [0.3, 0.4) is 0 Å². The molecule has 0 saturated heterocycles. The highest BCUT2D eigenvalue weighted by Crippen LogP contribution is 2.21. The van der Waals surface area contributed by atoms with Crippen molar-refractivity contribution in [2.75, 3.05) is 5.32 Å². The van der Waals surface area contributed by atoms with Gasteiger partial charge in [0.2, 0.25) is 0 Å². The van der Waals surface area contributed by atoms with E-state index in [1.54, 1.807) is 12.1 Å². The van der Waals surface area contributed by atoms with Gasteiger partial charge in [-0.15, -0.1) is 0 Å². The largest absolute Gasteiger partial charge is 0.381 e. The lowest BCUT2D eigenvalue weighted by Crippen LogP contribution is -2.04. The predicted molar refractivity (Wildman–Crippen MR) is 74.3 cm³/mol. The Balaban J connectivity index is 2.15. The second kappa shape index (κ2) is 5.67. The fourth-order valence-electron chi connectivity index (χ4n) is 2.11. The number of para-hydroxylation sites is 1. The number of nitrogens with one attached hydrogen (secondary N) is 1. The first-order valence-corrected chi connectivity index (χ1v) is 6.27. The Labute approximate surface area is 108 Å². The zero-order valence-corrected chi connectivity index (χ0v) is 10.8. The SMILES string of the molecule is CCc1cccc(C)c1NCc1cccc(F)c1. The van der Waals surface area contributed by atoms with Crippen LogP contribution in [0.5, 0.6) is 0 Å². The zero-order chi connectivity index (χ0) is 13.0. The molecule has 2 rings (SSSR count). The van der Waals surface area contributed by atoms with E-state index in [1.807, 2.05) is 6.07 Å². The predicted octanol–water partition coefficient (Wildman–Crippen LogP) is 4.31. The van der Waals surface area contributed by atoms with Crippen molar-refractivity contribution in [2.24, 2.45) is 0 Å². The number of benzene rings is 2. The Hall–Kier alpha value is -1.83. The first-order valence-electron chi connectivity index (χ1n) is 6.27. The van der Waals surface area contributed by atoms with E-state index in [9.17, 15) is 4.39 Å². The summed E-state index contributed by atoms with van der Waals surface area (Å²) in [5.41, 5.74) is 4.65. The molecule has 0 heterocycles. The first kappa shape index (κ1) is 12.6. The molecule has 0 bridgehead atoms. The van der Waals surface area contributed by atoms with E-state index in [-0.39, 0.29) is 5.82 Å². The smallest absolute Gasteiger partial charge is 0.123 e. The quantitative estimate of drug-likeness (QED) is 0.843. The Kier molecular flexibility index (Phi) is 3.98. The van der Waals surface area contributed by atoms with Crippen LogP contribution in [-0.4, -0.2) is 0 Å². The molecule has 2 heteroatoms. The average molecular weight is 243 g/mol. The van der Waals surface area contributed by atoms with Crippen LogP contribution in [0, 0.1) is 12.7 Å². The van der Waals surface area contributed by atoms with Gasteiger partial charge >= 0.3 is 0 Å². The molecule has 0 radical (unpaired) electrons. The molecule has 0 saturated carbocycles. The zero-order valence-electron chi connectivity index (χ0n) is 10.8. The van der Waals surface area contributed by atoms with Crippen LogP contribution in [0.2, 0.25) is 0 Å². The van der Waals surface area contributed by atoms with Gasteiger partial charge in [-0.05, 0) is 42.2 Å². The van der Waals surface area contributed by atoms with Crippen LogP contribution in [0.4, 0.5) is 10.1 Å². The third-order valence-electron chi connectivity index (χ3n) is 3.10. The summed E-state index contributed by atoms with van der Waals surface area (Å²) < 4.78 is 13.1. The second-order valence-electron chi connectivity index (χ2n) is 4.45. The molecule has 0 amide bonds. The Morgan fingerprint density at radius 2 is 1.89 bits per heavy atom. The number of rotatable bonds is 4. The van der Waals surface area contributed by atoms with Crippen LogP contribution < -0.4 is 5.32 Å². The highest BCUT2D eigenvalue weighted by Gasteiger charge is 2.03. The van der Waals surface area contributed by atoms with E-state index in [4.69, 9.17) is 0 Å². The molecule has 0 fully saturated rings. The number of anilines is 1. The minimum atomic E-state index is -0.185. The van der Waals surface area contributed by atoms with Crippen molar-refractivity contribution < 1.29 is 4.39 Å². The minimum absolute atomic E-state index is 0.185. The summed E-state index contributed by atoms with van der Waals surface area (Å²) >= 11 is 0. The van der Waals surface area contributed by atoms with Gasteiger partial charge in [-0.2, -0.15) is 0 Å². The summed E-state index contributed by atoms with van der Waals surface area (Å²) in [5, 5.41) is 3.41. The fraction of sp³-hybridized carbons (Fsp3) is 0.250. The number of aryl methyl sites for hydroxylation is 2. The molecule has 94 valence electrons. The third-order valence-corrected chi connectivity index (χ3v) is 3.10. The molecule has 0 aliphatic heterocycles. The maximum atomic E-state index is 13.1. The van der Waals surface area contributed by atoms with Crippen LogP contribution >= 0.6 is 0 Å². The molecule has 0 unspecified atom stereocenters. The van der Waals surface area contributed by atoms with Crippen molar-refractivity contribution in [3.63, 3.8) is 0 Å². The summed E-state index contributed by atoms with van der Waals surface area (Å²) in [7, 11) is 0. The highest BCUT2D eigenvalue weighted by molar-refractivity contribution is 5.57. The molecular formula is C16H18FN. The van der Waals surface area contributed by atoms with Crippen LogP contribution in [0.1, 0.15) is 23.6 Å². The van der Waals surface area contributed by atoms with Gasteiger partial charge in [-0.1, -0.05) is 37.3 Å². The second-order valence-corrected chi connectivity index (χ2v) is 4.45. The molecule has 0 aromatic heterocycles. The van der Waals surface area contributed by atoms with E-state index < -0.39 is 0 Å². The van der Waals surface area contributed by atoms with Gasteiger partial charge in [0.15, 0.2) is 0 Å². The molecule has 1 N–H and O–H groups in total. The van der Waals surface area contributed by atoms with Crippen molar-refractivity contribution in [1.29, 1.82) is 0 Å². The fourth-order valence-corrected chi connectivity index (χ4v) is 2.11. The average Bonchev–Trinajstić information content (AvgIpc) is 2.37.